The molecule has 1 rings (SSSR count). The van der Waals surface area contributed by atoms with Crippen LogP contribution in [0.1, 0.15) is 25.3 Å². The number of aliphatic hydroxyl groups excluding tert-OH is 1. The summed E-state index contributed by atoms with van der Waals surface area (Å²) >= 11 is 0. The van der Waals surface area contributed by atoms with E-state index in [0.717, 1.165) is 0 Å². The summed E-state index contributed by atoms with van der Waals surface area (Å²) in [6.07, 6.45) is 0. The van der Waals surface area contributed by atoms with E-state index >= 15 is 0 Å². The van der Waals surface area contributed by atoms with Gasteiger partial charge in [-0.2, -0.15) is 0 Å². The molecule has 1 N–H and O–H groups in total. The van der Waals surface area contributed by atoms with E-state index in [1.165, 1.54) is 0 Å². The Bertz CT molecular complexity index is 393. The van der Waals surface area contributed by atoms with Gasteiger partial charge >= 0.3 is 7.60 Å². The Labute approximate surface area is 107 Å². The highest BCUT2D eigenvalue weighted by molar-refractivity contribution is 7.54. The highest BCUT2D eigenvalue weighted by Gasteiger charge is 2.35. The fourth-order valence-corrected chi connectivity index (χ4v) is 3.11. The van der Waals surface area contributed by atoms with Gasteiger partial charge in [0.1, 0.15) is 5.75 Å². The van der Waals surface area contributed by atoms with E-state index in [2.05, 4.69) is 0 Å². The van der Waals surface area contributed by atoms with E-state index < -0.39 is 13.4 Å². The Kier molecular flexibility index (Phi) is 5.82. The number of hydrogen-bond acceptors (Lipinski definition) is 5. The molecule has 0 bridgehead atoms. The summed E-state index contributed by atoms with van der Waals surface area (Å²) in [7, 11) is -1.99. The van der Waals surface area contributed by atoms with Gasteiger partial charge in [0, 0.05) is 0 Å². The van der Waals surface area contributed by atoms with Crippen molar-refractivity contribution in [1.29, 1.82) is 0 Å². The minimum absolute atomic E-state index is 0.213. The molecule has 0 unspecified atom stereocenters. The predicted octanol–water partition coefficient (Wildman–Crippen LogP) is 2.95. The van der Waals surface area contributed by atoms with Crippen LogP contribution in [-0.2, 0) is 13.6 Å². The van der Waals surface area contributed by atoms with Gasteiger partial charge in [-0.25, -0.2) is 0 Å². The molecule has 0 saturated heterocycles. The van der Waals surface area contributed by atoms with Crippen molar-refractivity contribution in [2.45, 2.75) is 19.7 Å². The quantitative estimate of drug-likeness (QED) is 0.774. The number of hydrogen-bond donors (Lipinski definition) is 1. The largest absolute Gasteiger partial charge is 0.497 e. The topological polar surface area (TPSA) is 65.0 Å². The zero-order valence-corrected chi connectivity index (χ0v) is 11.7. The van der Waals surface area contributed by atoms with E-state index in [-0.39, 0.29) is 13.2 Å². The van der Waals surface area contributed by atoms with Crippen molar-refractivity contribution >= 4 is 7.60 Å². The molecule has 0 saturated carbocycles. The van der Waals surface area contributed by atoms with Crippen LogP contribution in [0.3, 0.4) is 0 Å². The highest BCUT2D eigenvalue weighted by atomic mass is 31.2. The van der Waals surface area contributed by atoms with Crippen molar-refractivity contribution in [3.05, 3.63) is 29.8 Å². The number of ether oxygens (including phenoxy) is 1. The molecule has 0 heterocycles. The van der Waals surface area contributed by atoms with Crippen LogP contribution in [0.2, 0.25) is 0 Å². The molecule has 102 valence electrons. The maximum atomic E-state index is 12.3. The molecule has 6 heteroatoms. The fraction of sp³-hybridized carbons (Fsp3) is 0.500. The molecule has 0 fully saturated rings. The van der Waals surface area contributed by atoms with E-state index in [4.69, 9.17) is 13.8 Å². The molecule has 1 aromatic rings. The number of aliphatic hydroxyl groups is 1. The maximum Gasteiger partial charge on any atom is 0.363 e. The summed E-state index contributed by atoms with van der Waals surface area (Å²) in [4.78, 5) is 0. The van der Waals surface area contributed by atoms with Crippen LogP contribution in [0.25, 0.3) is 0 Å². The first-order valence-corrected chi connectivity index (χ1v) is 7.39. The van der Waals surface area contributed by atoms with Crippen LogP contribution >= 0.6 is 7.60 Å². The smallest absolute Gasteiger partial charge is 0.363 e. The lowest BCUT2D eigenvalue weighted by Gasteiger charge is -2.22. The predicted molar refractivity (Wildman–Crippen MR) is 68.8 cm³/mol. The summed E-state index contributed by atoms with van der Waals surface area (Å²) in [5.41, 5.74) is 0.473. The molecule has 1 aromatic carbocycles. The summed E-state index contributed by atoms with van der Waals surface area (Å²) < 4.78 is 27.5. The normalized spacial score (nSPS) is 13.3. The second-order valence-electron chi connectivity index (χ2n) is 3.52. The molecule has 0 amide bonds. The summed E-state index contributed by atoms with van der Waals surface area (Å²) in [5.74, 6) is -0.628. The minimum Gasteiger partial charge on any atom is -0.497 e. The second-order valence-corrected chi connectivity index (χ2v) is 5.61. The van der Waals surface area contributed by atoms with Gasteiger partial charge in [0.15, 0.2) is 5.85 Å². The SMILES string of the molecule is CCOP(=O)(OCC)[C@H](O)c1ccc(OC)cc1. The summed E-state index contributed by atoms with van der Waals surface area (Å²) in [5, 5.41) is 10.1. The van der Waals surface area contributed by atoms with E-state index in [0.29, 0.717) is 11.3 Å². The lowest BCUT2D eigenvalue weighted by atomic mass is 10.2. The Morgan fingerprint density at radius 1 is 1.17 bits per heavy atom. The first kappa shape index (κ1) is 15.2. The van der Waals surface area contributed by atoms with E-state index in [1.54, 1.807) is 45.2 Å². The third-order valence-corrected chi connectivity index (χ3v) is 4.46. The molecule has 0 radical (unpaired) electrons. The first-order chi connectivity index (χ1) is 8.57. The van der Waals surface area contributed by atoms with Crippen LogP contribution in [0.4, 0.5) is 0 Å². The van der Waals surface area contributed by atoms with Crippen LogP contribution in [0.5, 0.6) is 5.75 Å². The van der Waals surface area contributed by atoms with Crippen LogP contribution < -0.4 is 4.74 Å². The minimum atomic E-state index is -3.54. The van der Waals surface area contributed by atoms with Crippen LogP contribution in [-0.4, -0.2) is 25.4 Å². The lowest BCUT2D eigenvalue weighted by Crippen LogP contribution is -2.06. The van der Waals surface area contributed by atoms with E-state index in [9.17, 15) is 9.67 Å². The fourth-order valence-electron chi connectivity index (χ4n) is 1.50. The van der Waals surface area contributed by atoms with Gasteiger partial charge in [-0.3, -0.25) is 4.57 Å². The third kappa shape index (κ3) is 3.56. The van der Waals surface area contributed by atoms with Crippen molar-refractivity contribution in [2.24, 2.45) is 0 Å². The molecule has 5 nitrogen and oxygen atoms in total. The van der Waals surface area contributed by atoms with Gasteiger partial charge in [-0.1, -0.05) is 12.1 Å². The summed E-state index contributed by atoms with van der Waals surface area (Å²) in [6, 6.07) is 6.63. The average molecular weight is 274 g/mol. The van der Waals surface area contributed by atoms with Gasteiger partial charge in [-0.15, -0.1) is 0 Å². The highest BCUT2D eigenvalue weighted by Crippen LogP contribution is 2.59. The lowest BCUT2D eigenvalue weighted by molar-refractivity contribution is 0.150. The van der Waals surface area contributed by atoms with Crippen molar-refractivity contribution in [1.82, 2.24) is 0 Å². The average Bonchev–Trinajstić information content (AvgIpc) is 2.38. The van der Waals surface area contributed by atoms with Gasteiger partial charge in [0.2, 0.25) is 0 Å². The summed E-state index contributed by atoms with van der Waals surface area (Å²) in [6.45, 7) is 3.83. The van der Waals surface area contributed by atoms with Crippen molar-refractivity contribution < 1.29 is 23.5 Å². The molecular weight excluding hydrogens is 255 g/mol. The zero-order chi connectivity index (χ0) is 13.6. The second kappa shape index (κ2) is 6.90. The molecule has 0 aliphatic rings. The molecule has 1 atom stereocenters. The zero-order valence-electron chi connectivity index (χ0n) is 10.8. The Hall–Kier alpha value is -0.870. The third-order valence-electron chi connectivity index (χ3n) is 2.33. The molecule has 0 aliphatic heterocycles. The first-order valence-electron chi connectivity index (χ1n) is 5.78. The Balaban J connectivity index is 2.94. The van der Waals surface area contributed by atoms with Gasteiger partial charge in [0.05, 0.1) is 20.3 Å². The van der Waals surface area contributed by atoms with Crippen molar-refractivity contribution in [3.63, 3.8) is 0 Å². The van der Waals surface area contributed by atoms with Gasteiger partial charge < -0.3 is 18.9 Å². The van der Waals surface area contributed by atoms with Gasteiger partial charge in [0.25, 0.3) is 0 Å². The molecule has 0 spiro atoms. The monoisotopic (exact) mass is 274 g/mol. The molecular formula is C12H19O5P. The Morgan fingerprint density at radius 2 is 1.67 bits per heavy atom. The maximum absolute atomic E-state index is 12.3. The molecule has 0 aliphatic carbocycles. The molecule has 0 aromatic heterocycles. The standard InChI is InChI=1S/C12H19O5P/c1-4-16-18(14,17-5-2)12(13)10-6-8-11(15-3)9-7-10/h6-9,12-13H,4-5H2,1-3H3/t12-/m0/s1. The van der Waals surface area contributed by atoms with Crippen LogP contribution in [0.15, 0.2) is 24.3 Å². The van der Waals surface area contributed by atoms with Crippen molar-refractivity contribution in [2.75, 3.05) is 20.3 Å². The number of benzene rings is 1. The van der Waals surface area contributed by atoms with Crippen molar-refractivity contribution in [3.8, 4) is 5.75 Å². The van der Waals surface area contributed by atoms with Gasteiger partial charge in [-0.05, 0) is 31.5 Å². The number of rotatable bonds is 7. The van der Waals surface area contributed by atoms with Crippen LogP contribution in [0, 0.1) is 0 Å². The number of methoxy groups -OCH3 is 1. The van der Waals surface area contributed by atoms with E-state index in [1.807, 2.05) is 0 Å². The molecule has 18 heavy (non-hydrogen) atoms. The Morgan fingerprint density at radius 3 is 2.06 bits per heavy atom.